The normalized spacial score (nSPS) is 13.2. The summed E-state index contributed by atoms with van der Waals surface area (Å²) in [5.74, 6) is -0.490. The van der Waals surface area contributed by atoms with E-state index in [-0.39, 0.29) is 11.6 Å². The molecule has 0 atom stereocenters. The number of nitrogens with one attached hydrogen (secondary N) is 1. The van der Waals surface area contributed by atoms with Crippen LogP contribution < -0.4 is 5.32 Å². The number of carboxylic acids is 2. The molecule has 12 heteroatoms. The number of benzene rings is 2. The van der Waals surface area contributed by atoms with Crippen LogP contribution in [0.15, 0.2) is 72.8 Å². The molecule has 11 nitrogen and oxygen atoms in total. The van der Waals surface area contributed by atoms with Gasteiger partial charge in [-0.05, 0) is 24.1 Å². The first-order chi connectivity index (χ1) is 19.7. The highest BCUT2D eigenvalue weighted by Gasteiger charge is 2.21. The standard InChI is InChI=1S/C25H26N4O3S.C4H4O4/c1-18-24(25(30)26-10-11-28-12-14-33-15-13-28)22(20-8-5-9-21(16-20)29(31)32)17-23(27-18)19-6-3-2-4-7-19;5-3(6)1-2-4(7)8/h2-9,16-17H,10-15H2,1H3,(H,26,30);1-2H,(H,5,6)(H,7,8). The first-order valence-corrected chi connectivity index (χ1v) is 13.8. The van der Waals surface area contributed by atoms with Gasteiger partial charge in [-0.2, -0.15) is 11.8 Å². The lowest BCUT2D eigenvalue weighted by molar-refractivity contribution is -0.384. The fourth-order valence-corrected chi connectivity index (χ4v) is 5.09. The van der Waals surface area contributed by atoms with Crippen LogP contribution in [-0.2, 0) is 9.59 Å². The Labute approximate surface area is 241 Å². The Hall–Kier alpha value is -4.55. The number of carbonyl (C=O) groups is 3. The molecule has 4 rings (SSSR count). The van der Waals surface area contributed by atoms with E-state index in [4.69, 9.17) is 15.2 Å². The number of aryl methyl sites for hydroxylation is 1. The number of thioether (sulfide) groups is 1. The van der Waals surface area contributed by atoms with Gasteiger partial charge >= 0.3 is 11.9 Å². The fourth-order valence-electron chi connectivity index (χ4n) is 4.11. The number of non-ortho nitro benzene ring substituents is 1. The molecule has 3 aromatic rings. The van der Waals surface area contributed by atoms with E-state index in [2.05, 4.69) is 10.2 Å². The lowest BCUT2D eigenvalue weighted by Crippen LogP contribution is -2.39. The average molecular weight is 579 g/mol. The highest BCUT2D eigenvalue weighted by molar-refractivity contribution is 7.99. The summed E-state index contributed by atoms with van der Waals surface area (Å²) >= 11 is 1.95. The molecule has 1 saturated heterocycles. The lowest BCUT2D eigenvalue weighted by atomic mass is 9.95. The van der Waals surface area contributed by atoms with Crippen molar-refractivity contribution in [1.29, 1.82) is 0 Å². The van der Waals surface area contributed by atoms with Gasteiger partial charge in [-0.15, -0.1) is 0 Å². The van der Waals surface area contributed by atoms with E-state index in [0.717, 1.165) is 42.4 Å². The molecule has 0 radical (unpaired) electrons. The molecule has 214 valence electrons. The number of rotatable bonds is 9. The topological polar surface area (TPSA) is 163 Å². The molecule has 1 fully saturated rings. The Morgan fingerprint density at radius 2 is 1.63 bits per heavy atom. The van der Waals surface area contributed by atoms with E-state index in [1.54, 1.807) is 12.1 Å². The SMILES string of the molecule is Cc1nc(-c2ccccc2)cc(-c2cccc([N+](=O)[O-])c2)c1C(=O)NCCN1CCSCC1.O=C(O)C=CC(=O)O. The fraction of sp³-hybridized carbons (Fsp3) is 0.241. The van der Waals surface area contributed by atoms with Gasteiger partial charge in [0.25, 0.3) is 11.6 Å². The van der Waals surface area contributed by atoms with Crippen molar-refractivity contribution in [3.05, 3.63) is 94.2 Å². The quantitative estimate of drug-likeness (QED) is 0.191. The minimum atomic E-state index is -1.26. The second-order valence-corrected chi connectivity index (χ2v) is 10.1. The molecule has 0 unspecified atom stereocenters. The van der Waals surface area contributed by atoms with E-state index >= 15 is 0 Å². The molecule has 0 aliphatic carbocycles. The van der Waals surface area contributed by atoms with E-state index in [1.165, 1.54) is 12.1 Å². The zero-order valence-electron chi connectivity index (χ0n) is 22.4. The molecular formula is C29H30N4O7S. The molecule has 1 amide bonds. The van der Waals surface area contributed by atoms with Gasteiger partial charge in [-0.1, -0.05) is 42.5 Å². The Balaban J connectivity index is 0.000000507. The number of hydrogen-bond acceptors (Lipinski definition) is 8. The van der Waals surface area contributed by atoms with E-state index in [1.807, 2.05) is 55.1 Å². The van der Waals surface area contributed by atoms with Gasteiger partial charge in [0.15, 0.2) is 0 Å². The molecule has 1 aliphatic heterocycles. The smallest absolute Gasteiger partial charge is 0.328 e. The number of hydrogen-bond donors (Lipinski definition) is 3. The van der Waals surface area contributed by atoms with Crippen molar-refractivity contribution >= 4 is 35.3 Å². The van der Waals surface area contributed by atoms with Crippen LogP contribution in [0.4, 0.5) is 5.69 Å². The molecule has 1 aromatic heterocycles. The van der Waals surface area contributed by atoms with Crippen molar-refractivity contribution < 1.29 is 29.5 Å². The minimum Gasteiger partial charge on any atom is -0.478 e. The number of nitrogens with zero attached hydrogens (tertiary/aromatic N) is 3. The largest absolute Gasteiger partial charge is 0.478 e. The summed E-state index contributed by atoms with van der Waals surface area (Å²) in [7, 11) is 0. The van der Waals surface area contributed by atoms with Gasteiger partial charge < -0.3 is 15.5 Å². The van der Waals surface area contributed by atoms with Gasteiger partial charge in [0.2, 0.25) is 0 Å². The number of aliphatic carboxylic acids is 2. The van der Waals surface area contributed by atoms with Crippen LogP contribution in [-0.4, -0.2) is 80.6 Å². The molecule has 2 heterocycles. The molecule has 41 heavy (non-hydrogen) atoms. The van der Waals surface area contributed by atoms with Gasteiger partial charge in [-0.3, -0.25) is 24.8 Å². The van der Waals surface area contributed by atoms with Crippen molar-refractivity contribution in [3.8, 4) is 22.4 Å². The van der Waals surface area contributed by atoms with Crippen molar-refractivity contribution in [2.75, 3.05) is 37.7 Å². The van der Waals surface area contributed by atoms with Crippen LogP contribution in [0.25, 0.3) is 22.4 Å². The summed E-state index contributed by atoms with van der Waals surface area (Å²) in [6.07, 6.45) is 1.12. The molecule has 0 saturated carbocycles. The zero-order valence-corrected chi connectivity index (χ0v) is 23.2. The predicted molar refractivity (Wildman–Crippen MR) is 157 cm³/mol. The number of nitro benzene ring substituents is 1. The molecule has 1 aliphatic rings. The number of carbonyl (C=O) groups excluding carboxylic acids is 1. The first kappa shape index (κ1) is 31.0. The molecule has 0 spiro atoms. The van der Waals surface area contributed by atoms with Gasteiger partial charge in [0.05, 0.1) is 21.9 Å². The maximum absolute atomic E-state index is 13.3. The average Bonchev–Trinajstić information content (AvgIpc) is 2.97. The third-order valence-electron chi connectivity index (χ3n) is 6.05. The Kier molecular flexibility index (Phi) is 11.6. The van der Waals surface area contributed by atoms with Crippen molar-refractivity contribution in [3.63, 3.8) is 0 Å². The minimum absolute atomic E-state index is 0.0162. The second-order valence-electron chi connectivity index (χ2n) is 8.91. The van der Waals surface area contributed by atoms with Crippen LogP contribution in [0.3, 0.4) is 0 Å². The van der Waals surface area contributed by atoms with E-state index in [0.29, 0.717) is 41.1 Å². The van der Waals surface area contributed by atoms with Crippen LogP contribution in [0.5, 0.6) is 0 Å². The molecular weight excluding hydrogens is 548 g/mol. The Morgan fingerprint density at radius 3 is 2.24 bits per heavy atom. The summed E-state index contributed by atoms with van der Waals surface area (Å²) in [6.45, 7) is 5.21. The highest BCUT2D eigenvalue weighted by Crippen LogP contribution is 2.32. The van der Waals surface area contributed by atoms with E-state index in [9.17, 15) is 24.5 Å². The summed E-state index contributed by atoms with van der Waals surface area (Å²) in [5.41, 5.74) is 3.91. The second kappa shape index (κ2) is 15.3. The highest BCUT2D eigenvalue weighted by atomic mass is 32.2. The van der Waals surface area contributed by atoms with Crippen molar-refractivity contribution in [2.45, 2.75) is 6.92 Å². The van der Waals surface area contributed by atoms with Crippen molar-refractivity contribution in [1.82, 2.24) is 15.2 Å². The molecule has 3 N–H and O–H groups in total. The van der Waals surface area contributed by atoms with Crippen LogP contribution in [0.2, 0.25) is 0 Å². The number of nitro groups is 1. The number of carboxylic acid groups (broad SMARTS) is 2. The summed E-state index contributed by atoms with van der Waals surface area (Å²) in [4.78, 5) is 50.3. The number of aromatic nitrogens is 1. The number of pyridine rings is 1. The summed E-state index contributed by atoms with van der Waals surface area (Å²) in [6, 6.07) is 17.9. The third kappa shape index (κ3) is 9.55. The monoisotopic (exact) mass is 578 g/mol. The maximum Gasteiger partial charge on any atom is 0.328 e. The van der Waals surface area contributed by atoms with Gasteiger partial charge in [0.1, 0.15) is 0 Å². The zero-order chi connectivity index (χ0) is 29.8. The molecule has 2 aromatic carbocycles. The predicted octanol–water partition coefficient (Wildman–Crippen LogP) is 4.12. The summed E-state index contributed by atoms with van der Waals surface area (Å²) in [5, 5.41) is 30.0. The number of amides is 1. The van der Waals surface area contributed by atoms with Crippen LogP contribution in [0, 0.1) is 17.0 Å². The van der Waals surface area contributed by atoms with Crippen molar-refractivity contribution in [2.24, 2.45) is 0 Å². The maximum atomic E-state index is 13.3. The van der Waals surface area contributed by atoms with E-state index < -0.39 is 16.9 Å². The lowest BCUT2D eigenvalue weighted by Gasteiger charge is -2.26. The first-order valence-electron chi connectivity index (χ1n) is 12.7. The Morgan fingerprint density at radius 1 is 1.00 bits per heavy atom. The molecule has 0 bridgehead atoms. The van der Waals surface area contributed by atoms with Crippen LogP contribution >= 0.6 is 11.8 Å². The summed E-state index contributed by atoms with van der Waals surface area (Å²) < 4.78 is 0. The third-order valence-corrected chi connectivity index (χ3v) is 6.99. The van der Waals surface area contributed by atoms with Gasteiger partial charge in [0, 0.05) is 67.5 Å². The van der Waals surface area contributed by atoms with Gasteiger partial charge in [-0.25, -0.2) is 9.59 Å². The Bertz CT molecular complexity index is 1410. The van der Waals surface area contributed by atoms with Crippen LogP contribution in [0.1, 0.15) is 16.1 Å².